The lowest BCUT2D eigenvalue weighted by Gasteiger charge is -2.16. The molecule has 0 saturated carbocycles. The van der Waals surface area contributed by atoms with Crippen LogP contribution in [0.2, 0.25) is 0 Å². The van der Waals surface area contributed by atoms with Crippen molar-refractivity contribution in [1.29, 1.82) is 0 Å². The van der Waals surface area contributed by atoms with Crippen LogP contribution in [0.3, 0.4) is 0 Å². The van der Waals surface area contributed by atoms with Crippen LogP contribution in [0.5, 0.6) is 0 Å². The van der Waals surface area contributed by atoms with Gasteiger partial charge in [0.25, 0.3) is 6.43 Å². The molecule has 0 saturated heterocycles. The molecule has 0 atom stereocenters. The first-order chi connectivity index (χ1) is 7.29. The number of alkyl halides is 6. The predicted molar refractivity (Wildman–Crippen MR) is 51.2 cm³/mol. The minimum Gasteiger partial charge on any atom is -0.397 e. The van der Waals surface area contributed by atoms with Gasteiger partial charge in [-0.1, -0.05) is 15.9 Å². The number of nitrogens with zero attached hydrogens (tertiary/aromatic N) is 1. The summed E-state index contributed by atoms with van der Waals surface area (Å²) in [7, 11) is 0. The Morgan fingerprint density at radius 2 is 1.94 bits per heavy atom. The molecular weight excluding hydrogens is 299 g/mol. The van der Waals surface area contributed by atoms with Gasteiger partial charge in [0.1, 0.15) is 5.69 Å². The molecule has 0 aliphatic heterocycles. The monoisotopic (exact) mass is 304 g/mol. The van der Waals surface area contributed by atoms with Gasteiger partial charge >= 0.3 is 6.18 Å². The lowest BCUT2D eigenvalue weighted by atomic mass is 10.1. The number of anilines is 1. The average molecular weight is 305 g/mol. The second-order valence-corrected chi connectivity index (χ2v) is 3.45. The molecule has 2 nitrogen and oxygen atoms in total. The van der Waals surface area contributed by atoms with Crippen LogP contribution >= 0.6 is 15.9 Å². The molecule has 90 valence electrons. The first-order valence-corrected chi connectivity index (χ1v) is 5.09. The maximum Gasteiger partial charge on any atom is 0.418 e. The van der Waals surface area contributed by atoms with Crippen molar-refractivity contribution in [1.82, 2.24) is 4.98 Å². The van der Waals surface area contributed by atoms with Crippen molar-refractivity contribution >= 4 is 21.6 Å². The van der Waals surface area contributed by atoms with Crippen molar-refractivity contribution in [3.63, 3.8) is 0 Å². The van der Waals surface area contributed by atoms with Crippen molar-refractivity contribution < 1.29 is 22.0 Å². The number of nitrogen functional groups attached to an aromatic ring is 1. The summed E-state index contributed by atoms with van der Waals surface area (Å²) in [6.07, 6.45) is -7.26. The Labute approximate surface area is 95.8 Å². The highest BCUT2D eigenvalue weighted by atomic mass is 79.9. The smallest absolute Gasteiger partial charge is 0.397 e. The van der Waals surface area contributed by atoms with E-state index in [4.69, 9.17) is 5.73 Å². The highest BCUT2D eigenvalue weighted by Gasteiger charge is 2.38. The molecule has 1 rings (SSSR count). The summed E-state index contributed by atoms with van der Waals surface area (Å²) in [5.41, 5.74) is 1.66. The van der Waals surface area contributed by atoms with Crippen LogP contribution in [0, 0.1) is 0 Å². The van der Waals surface area contributed by atoms with Crippen molar-refractivity contribution in [2.75, 3.05) is 5.73 Å². The van der Waals surface area contributed by atoms with Crippen molar-refractivity contribution in [3.05, 3.63) is 23.0 Å². The molecule has 0 aliphatic carbocycles. The molecule has 0 fully saturated rings. The summed E-state index contributed by atoms with van der Waals surface area (Å²) in [6, 6.07) is 0. The summed E-state index contributed by atoms with van der Waals surface area (Å²) in [5.74, 6) is 0. The van der Waals surface area contributed by atoms with Gasteiger partial charge in [-0.3, -0.25) is 4.98 Å². The molecule has 1 aromatic rings. The number of nitrogens with two attached hydrogens (primary N) is 1. The topological polar surface area (TPSA) is 38.9 Å². The van der Waals surface area contributed by atoms with E-state index in [9.17, 15) is 22.0 Å². The zero-order valence-electron chi connectivity index (χ0n) is 7.65. The number of pyridine rings is 1. The maximum absolute atomic E-state index is 12.6. The normalized spacial score (nSPS) is 12.2. The fourth-order valence-corrected chi connectivity index (χ4v) is 1.81. The van der Waals surface area contributed by atoms with Gasteiger partial charge in [-0.25, -0.2) is 8.78 Å². The average Bonchev–Trinajstić information content (AvgIpc) is 2.14. The van der Waals surface area contributed by atoms with Gasteiger partial charge in [0.2, 0.25) is 0 Å². The summed E-state index contributed by atoms with van der Waals surface area (Å²) in [4.78, 5) is 3.22. The molecule has 0 radical (unpaired) electrons. The van der Waals surface area contributed by atoms with E-state index in [0.717, 1.165) is 0 Å². The number of hydrogen-bond acceptors (Lipinski definition) is 2. The third-order valence-electron chi connectivity index (χ3n) is 1.87. The van der Waals surface area contributed by atoms with E-state index < -0.39 is 35.1 Å². The minimum atomic E-state index is -4.78. The lowest BCUT2D eigenvalue weighted by Crippen LogP contribution is -2.15. The van der Waals surface area contributed by atoms with Crippen LogP contribution in [0.15, 0.2) is 6.20 Å². The SMILES string of the molecule is Nc1cnc(C(F)F)c(CBr)c1C(F)(F)F. The summed E-state index contributed by atoms with van der Waals surface area (Å²) < 4.78 is 62.5. The van der Waals surface area contributed by atoms with Gasteiger partial charge in [0, 0.05) is 10.9 Å². The quantitative estimate of drug-likeness (QED) is 0.671. The van der Waals surface area contributed by atoms with Crippen molar-refractivity contribution in [3.8, 4) is 0 Å². The van der Waals surface area contributed by atoms with Gasteiger partial charge in [-0.2, -0.15) is 13.2 Å². The van der Waals surface area contributed by atoms with Crippen LogP contribution in [-0.2, 0) is 11.5 Å². The third-order valence-corrected chi connectivity index (χ3v) is 2.43. The van der Waals surface area contributed by atoms with Crippen molar-refractivity contribution in [2.24, 2.45) is 0 Å². The van der Waals surface area contributed by atoms with E-state index in [1.54, 1.807) is 0 Å². The molecular formula is C8H6BrF5N2. The zero-order chi connectivity index (χ0) is 12.5. The molecule has 8 heteroatoms. The van der Waals surface area contributed by atoms with E-state index in [1.807, 2.05) is 0 Å². The summed E-state index contributed by atoms with van der Waals surface area (Å²) in [6.45, 7) is 0. The number of aromatic nitrogens is 1. The Morgan fingerprint density at radius 3 is 2.31 bits per heavy atom. The molecule has 0 amide bonds. The number of hydrogen-bond donors (Lipinski definition) is 1. The van der Waals surface area contributed by atoms with Gasteiger partial charge in [0.15, 0.2) is 0 Å². The Balaban J connectivity index is 3.51. The molecule has 0 bridgehead atoms. The fourth-order valence-electron chi connectivity index (χ4n) is 1.24. The molecule has 0 aromatic carbocycles. The zero-order valence-corrected chi connectivity index (χ0v) is 9.24. The molecule has 2 N–H and O–H groups in total. The molecule has 16 heavy (non-hydrogen) atoms. The van der Waals surface area contributed by atoms with E-state index in [-0.39, 0.29) is 5.33 Å². The Bertz CT molecular complexity index is 391. The molecule has 1 aromatic heterocycles. The van der Waals surface area contributed by atoms with E-state index >= 15 is 0 Å². The Kier molecular flexibility index (Phi) is 3.72. The first kappa shape index (κ1) is 13.1. The van der Waals surface area contributed by atoms with E-state index in [0.29, 0.717) is 6.20 Å². The van der Waals surface area contributed by atoms with Crippen LogP contribution in [0.4, 0.5) is 27.6 Å². The maximum atomic E-state index is 12.6. The number of rotatable bonds is 2. The summed E-state index contributed by atoms with van der Waals surface area (Å²) >= 11 is 2.73. The van der Waals surface area contributed by atoms with Crippen LogP contribution in [0.25, 0.3) is 0 Å². The fraction of sp³-hybridized carbons (Fsp3) is 0.375. The van der Waals surface area contributed by atoms with E-state index in [1.165, 1.54) is 0 Å². The minimum absolute atomic E-state index is 0.389. The predicted octanol–water partition coefficient (Wildman–Crippen LogP) is 3.52. The number of halogens is 6. The highest BCUT2D eigenvalue weighted by molar-refractivity contribution is 9.08. The molecule has 0 spiro atoms. The van der Waals surface area contributed by atoms with Crippen LogP contribution < -0.4 is 5.73 Å². The second kappa shape index (κ2) is 4.52. The van der Waals surface area contributed by atoms with Crippen molar-refractivity contribution in [2.45, 2.75) is 17.9 Å². The van der Waals surface area contributed by atoms with Gasteiger partial charge < -0.3 is 5.73 Å². The Morgan fingerprint density at radius 1 is 1.38 bits per heavy atom. The van der Waals surface area contributed by atoms with Crippen LogP contribution in [0.1, 0.15) is 23.2 Å². The first-order valence-electron chi connectivity index (χ1n) is 3.97. The van der Waals surface area contributed by atoms with Crippen LogP contribution in [-0.4, -0.2) is 4.98 Å². The molecule has 0 unspecified atom stereocenters. The largest absolute Gasteiger partial charge is 0.418 e. The standard InChI is InChI=1S/C8H6BrF5N2/c9-1-3-5(8(12,13)14)4(15)2-16-6(3)7(10)11/h2,7H,1,15H2. The van der Waals surface area contributed by atoms with Gasteiger partial charge in [0.05, 0.1) is 17.4 Å². The second-order valence-electron chi connectivity index (χ2n) is 2.88. The lowest BCUT2D eigenvalue weighted by molar-refractivity contribution is -0.137. The Hall–Kier alpha value is -0.920. The molecule has 0 aliphatic rings. The highest BCUT2D eigenvalue weighted by Crippen LogP contribution is 2.39. The molecule has 1 heterocycles. The van der Waals surface area contributed by atoms with Gasteiger partial charge in [-0.05, 0) is 0 Å². The third kappa shape index (κ3) is 2.42. The van der Waals surface area contributed by atoms with Gasteiger partial charge in [-0.15, -0.1) is 0 Å². The summed E-state index contributed by atoms with van der Waals surface area (Å²) in [5, 5.41) is -0.389. The van der Waals surface area contributed by atoms with E-state index in [2.05, 4.69) is 20.9 Å².